The van der Waals surface area contributed by atoms with E-state index in [-0.39, 0.29) is 11.6 Å². The smallest absolute Gasteiger partial charge is 0.160 e. The zero-order valence-electron chi connectivity index (χ0n) is 11.4. The molecule has 0 radical (unpaired) electrons. The number of carbonyl (C=O) groups is 2. The quantitative estimate of drug-likeness (QED) is 0.845. The highest BCUT2D eigenvalue weighted by atomic mass is 16.5. The van der Waals surface area contributed by atoms with E-state index in [0.29, 0.717) is 17.7 Å². The van der Waals surface area contributed by atoms with Crippen molar-refractivity contribution < 1.29 is 14.3 Å². The molecule has 0 bridgehead atoms. The minimum absolute atomic E-state index is 0.00343. The number of anilines is 1. The van der Waals surface area contributed by atoms with Crippen LogP contribution in [0.1, 0.15) is 37.0 Å². The van der Waals surface area contributed by atoms with Crippen LogP contribution in [-0.2, 0) is 4.79 Å². The van der Waals surface area contributed by atoms with E-state index in [1.54, 1.807) is 25.3 Å². The average molecular weight is 259 g/mol. The van der Waals surface area contributed by atoms with Crippen LogP contribution in [0.15, 0.2) is 29.5 Å². The van der Waals surface area contributed by atoms with Gasteiger partial charge in [-0.1, -0.05) is 0 Å². The largest absolute Gasteiger partial charge is 0.495 e. The third-order valence-corrected chi connectivity index (χ3v) is 3.37. The summed E-state index contributed by atoms with van der Waals surface area (Å²) in [6, 6.07) is 5.26. The second-order valence-electron chi connectivity index (χ2n) is 4.62. The molecule has 1 aliphatic rings. The molecule has 0 heterocycles. The molecule has 0 unspecified atom stereocenters. The number of rotatable bonds is 4. The highest BCUT2D eigenvalue weighted by Crippen LogP contribution is 2.30. The molecule has 1 N–H and O–H groups in total. The van der Waals surface area contributed by atoms with E-state index in [0.717, 1.165) is 23.4 Å². The first kappa shape index (κ1) is 13.3. The molecule has 0 spiro atoms. The summed E-state index contributed by atoms with van der Waals surface area (Å²) in [7, 11) is 1.56. The van der Waals surface area contributed by atoms with Crippen molar-refractivity contribution in [2.45, 2.75) is 26.7 Å². The molecule has 1 aromatic carbocycles. The van der Waals surface area contributed by atoms with E-state index in [4.69, 9.17) is 4.74 Å². The fraction of sp³-hybridized carbons (Fsp3) is 0.333. The number of methoxy groups -OCH3 is 1. The van der Waals surface area contributed by atoms with E-state index in [1.165, 1.54) is 6.92 Å². The van der Waals surface area contributed by atoms with E-state index >= 15 is 0 Å². The SMILES string of the molecule is COc1cc(C(C)=O)ccc1NC1=C(C)C(=O)CC1. The first-order valence-corrected chi connectivity index (χ1v) is 6.22. The van der Waals surface area contributed by atoms with Gasteiger partial charge in [-0.05, 0) is 38.5 Å². The molecule has 0 saturated heterocycles. The Bertz CT molecular complexity index is 573. The number of hydrogen-bond donors (Lipinski definition) is 1. The highest BCUT2D eigenvalue weighted by molar-refractivity contribution is 5.99. The number of carbonyl (C=O) groups excluding carboxylic acids is 2. The Labute approximate surface area is 112 Å². The number of Topliss-reactive ketones (excluding diaryl/α,β-unsaturated/α-hetero) is 2. The van der Waals surface area contributed by atoms with Crippen LogP contribution < -0.4 is 10.1 Å². The van der Waals surface area contributed by atoms with E-state index in [2.05, 4.69) is 5.32 Å². The molecule has 0 saturated carbocycles. The van der Waals surface area contributed by atoms with Crippen LogP contribution in [0.5, 0.6) is 5.75 Å². The maximum Gasteiger partial charge on any atom is 0.160 e. The minimum Gasteiger partial charge on any atom is -0.495 e. The van der Waals surface area contributed by atoms with Gasteiger partial charge in [0.05, 0.1) is 12.8 Å². The topological polar surface area (TPSA) is 55.4 Å². The first-order valence-electron chi connectivity index (χ1n) is 6.22. The van der Waals surface area contributed by atoms with Crippen molar-refractivity contribution in [1.82, 2.24) is 0 Å². The van der Waals surface area contributed by atoms with Gasteiger partial charge in [0.2, 0.25) is 0 Å². The number of nitrogens with one attached hydrogen (secondary N) is 1. The summed E-state index contributed by atoms with van der Waals surface area (Å²) in [5.74, 6) is 0.783. The van der Waals surface area contributed by atoms with Gasteiger partial charge < -0.3 is 10.1 Å². The zero-order chi connectivity index (χ0) is 14.0. The van der Waals surface area contributed by atoms with Crippen molar-refractivity contribution in [3.8, 4) is 5.75 Å². The van der Waals surface area contributed by atoms with Crippen LogP contribution in [-0.4, -0.2) is 18.7 Å². The molecule has 0 aliphatic heterocycles. The summed E-state index contributed by atoms with van der Waals surface area (Å²) in [6.07, 6.45) is 1.28. The number of benzene rings is 1. The molecule has 19 heavy (non-hydrogen) atoms. The fourth-order valence-electron chi connectivity index (χ4n) is 2.11. The van der Waals surface area contributed by atoms with Gasteiger partial charge in [0.15, 0.2) is 11.6 Å². The normalized spacial score (nSPS) is 14.8. The van der Waals surface area contributed by atoms with E-state index < -0.39 is 0 Å². The van der Waals surface area contributed by atoms with Crippen molar-refractivity contribution in [3.63, 3.8) is 0 Å². The van der Waals surface area contributed by atoms with Gasteiger partial charge in [0, 0.05) is 23.3 Å². The predicted molar refractivity (Wildman–Crippen MR) is 73.6 cm³/mol. The Morgan fingerprint density at radius 2 is 2.05 bits per heavy atom. The molecule has 0 atom stereocenters. The Balaban J connectivity index is 2.31. The van der Waals surface area contributed by atoms with Crippen LogP contribution in [0.4, 0.5) is 5.69 Å². The van der Waals surface area contributed by atoms with Crippen LogP contribution in [0.2, 0.25) is 0 Å². The summed E-state index contributed by atoms with van der Waals surface area (Å²) < 4.78 is 5.29. The number of allylic oxidation sites excluding steroid dienone is 2. The summed E-state index contributed by atoms with van der Waals surface area (Å²) in [4.78, 5) is 22.8. The molecular weight excluding hydrogens is 242 g/mol. The van der Waals surface area contributed by atoms with Crippen LogP contribution >= 0.6 is 0 Å². The molecule has 0 fully saturated rings. The summed E-state index contributed by atoms with van der Waals surface area (Å²) in [5, 5.41) is 3.23. The lowest BCUT2D eigenvalue weighted by Crippen LogP contribution is -2.03. The second kappa shape index (κ2) is 5.26. The van der Waals surface area contributed by atoms with Crippen molar-refractivity contribution >= 4 is 17.3 Å². The molecular formula is C15H17NO3. The molecule has 1 aromatic rings. The van der Waals surface area contributed by atoms with E-state index in [9.17, 15) is 9.59 Å². The lowest BCUT2D eigenvalue weighted by molar-refractivity contribution is -0.114. The van der Waals surface area contributed by atoms with Crippen molar-refractivity contribution in [2.75, 3.05) is 12.4 Å². The maximum absolute atomic E-state index is 11.5. The number of ketones is 2. The van der Waals surface area contributed by atoms with Crippen molar-refractivity contribution in [3.05, 3.63) is 35.0 Å². The molecule has 4 nitrogen and oxygen atoms in total. The van der Waals surface area contributed by atoms with Gasteiger partial charge in [-0.15, -0.1) is 0 Å². The summed E-state index contributed by atoms with van der Waals surface area (Å²) >= 11 is 0. The molecule has 1 aliphatic carbocycles. The van der Waals surface area contributed by atoms with Crippen molar-refractivity contribution in [2.24, 2.45) is 0 Å². The van der Waals surface area contributed by atoms with Crippen LogP contribution in [0.25, 0.3) is 0 Å². The average Bonchev–Trinajstić information content (AvgIpc) is 2.71. The fourth-order valence-corrected chi connectivity index (χ4v) is 2.11. The maximum atomic E-state index is 11.5. The monoisotopic (exact) mass is 259 g/mol. The van der Waals surface area contributed by atoms with Gasteiger partial charge in [-0.25, -0.2) is 0 Å². The third-order valence-electron chi connectivity index (χ3n) is 3.37. The van der Waals surface area contributed by atoms with Crippen molar-refractivity contribution in [1.29, 1.82) is 0 Å². The van der Waals surface area contributed by atoms with Gasteiger partial charge >= 0.3 is 0 Å². The third kappa shape index (κ3) is 2.67. The Morgan fingerprint density at radius 3 is 2.58 bits per heavy atom. The Morgan fingerprint density at radius 1 is 1.32 bits per heavy atom. The lowest BCUT2D eigenvalue weighted by atomic mass is 10.1. The summed E-state index contributed by atoms with van der Waals surface area (Å²) in [6.45, 7) is 3.35. The van der Waals surface area contributed by atoms with Gasteiger partial charge in [0.1, 0.15) is 5.75 Å². The summed E-state index contributed by atoms with van der Waals surface area (Å²) in [5.41, 5.74) is 3.09. The van der Waals surface area contributed by atoms with Crippen LogP contribution in [0.3, 0.4) is 0 Å². The zero-order valence-corrected chi connectivity index (χ0v) is 11.4. The molecule has 0 amide bonds. The Hall–Kier alpha value is -2.10. The predicted octanol–water partition coefficient (Wildman–Crippen LogP) is 2.95. The van der Waals surface area contributed by atoms with Gasteiger partial charge in [0.25, 0.3) is 0 Å². The molecule has 0 aromatic heterocycles. The van der Waals surface area contributed by atoms with Gasteiger partial charge in [-0.2, -0.15) is 0 Å². The number of ether oxygens (including phenoxy) is 1. The molecule has 2 rings (SSSR count). The Kier molecular flexibility index (Phi) is 3.69. The standard InChI is InChI=1S/C15H17NO3/c1-9-12(6-7-14(9)18)16-13-5-4-11(10(2)17)8-15(13)19-3/h4-5,8,16H,6-7H2,1-3H3. The molecule has 100 valence electrons. The highest BCUT2D eigenvalue weighted by Gasteiger charge is 2.20. The second-order valence-corrected chi connectivity index (χ2v) is 4.62. The minimum atomic E-state index is -0.00343. The van der Waals surface area contributed by atoms with Gasteiger partial charge in [-0.3, -0.25) is 9.59 Å². The lowest BCUT2D eigenvalue weighted by Gasteiger charge is -2.13. The first-order chi connectivity index (χ1) is 9.02. The number of hydrogen-bond acceptors (Lipinski definition) is 4. The molecule has 4 heteroatoms. The van der Waals surface area contributed by atoms with Crippen LogP contribution in [0, 0.1) is 0 Å². The van der Waals surface area contributed by atoms with E-state index in [1.807, 2.05) is 6.92 Å².